The molecule has 0 bridgehead atoms. The molecule has 0 saturated heterocycles. The standard InChI is InChI=1S/C19H23N5OS/c1-26-15-9-7-14(8-10-15)22-19-23-17-16(20-12-21-17)18(24-19)25-11-13-5-3-2-4-6-13/h7-10,12-13H,2-6,11H2,1H3,(H2,20,21,22,23,24)/p+1. The van der Waals surface area contributed by atoms with Crippen LogP contribution in [0.2, 0.25) is 0 Å². The topological polar surface area (TPSA) is 77.0 Å². The molecule has 4 rings (SSSR count). The second-order valence-corrected chi connectivity index (χ2v) is 7.56. The highest BCUT2D eigenvalue weighted by atomic mass is 32.2. The van der Waals surface area contributed by atoms with Crippen LogP contribution < -0.4 is 15.0 Å². The highest BCUT2D eigenvalue weighted by Gasteiger charge is 2.20. The molecule has 0 amide bonds. The molecule has 2 aromatic heterocycles. The predicted molar refractivity (Wildman–Crippen MR) is 104 cm³/mol. The van der Waals surface area contributed by atoms with Crippen LogP contribution in [0.3, 0.4) is 0 Å². The van der Waals surface area contributed by atoms with Crippen molar-refractivity contribution in [2.75, 3.05) is 18.2 Å². The van der Waals surface area contributed by atoms with Gasteiger partial charge in [-0.3, -0.25) is 0 Å². The van der Waals surface area contributed by atoms with Gasteiger partial charge in [0, 0.05) is 4.90 Å². The summed E-state index contributed by atoms with van der Waals surface area (Å²) in [5, 5.41) is 3.31. The van der Waals surface area contributed by atoms with Crippen molar-refractivity contribution in [3.63, 3.8) is 0 Å². The number of hydrogen-bond donors (Lipinski definition) is 2. The quantitative estimate of drug-likeness (QED) is 0.636. The lowest BCUT2D eigenvalue weighted by molar-refractivity contribution is -0.380. The minimum atomic E-state index is 0.625. The molecule has 1 aliphatic carbocycles. The number of nitrogens with zero attached hydrogens (tertiary/aromatic N) is 2. The lowest BCUT2D eigenvalue weighted by Crippen LogP contribution is -2.21. The molecule has 136 valence electrons. The minimum Gasteiger partial charge on any atom is -0.466 e. The molecule has 0 atom stereocenters. The summed E-state index contributed by atoms with van der Waals surface area (Å²) in [4.78, 5) is 16.4. The Morgan fingerprint density at radius 1 is 1.23 bits per heavy atom. The molecule has 3 N–H and O–H groups in total. The van der Waals surface area contributed by atoms with E-state index in [1.165, 1.54) is 37.0 Å². The zero-order valence-corrected chi connectivity index (χ0v) is 15.7. The zero-order valence-electron chi connectivity index (χ0n) is 14.9. The van der Waals surface area contributed by atoms with Crippen molar-refractivity contribution in [3.8, 4) is 5.88 Å². The van der Waals surface area contributed by atoms with Crippen molar-refractivity contribution in [1.82, 2.24) is 15.0 Å². The van der Waals surface area contributed by atoms with E-state index in [9.17, 15) is 0 Å². The number of aromatic nitrogens is 4. The lowest BCUT2D eigenvalue weighted by atomic mass is 9.90. The smallest absolute Gasteiger partial charge is 0.399 e. The summed E-state index contributed by atoms with van der Waals surface area (Å²) in [5.41, 5.74) is 2.43. The summed E-state index contributed by atoms with van der Waals surface area (Å²) in [6, 6.07) is 8.25. The second kappa shape index (κ2) is 7.95. The fourth-order valence-electron chi connectivity index (χ4n) is 3.38. The monoisotopic (exact) mass is 370 g/mol. The van der Waals surface area contributed by atoms with E-state index in [-0.39, 0.29) is 0 Å². The van der Waals surface area contributed by atoms with E-state index in [2.05, 4.69) is 43.6 Å². The highest BCUT2D eigenvalue weighted by molar-refractivity contribution is 7.98. The van der Waals surface area contributed by atoms with Crippen molar-refractivity contribution in [2.24, 2.45) is 5.92 Å². The first kappa shape index (κ1) is 17.1. The molecule has 1 fully saturated rings. The number of thioether (sulfide) groups is 1. The number of H-pyrrole nitrogens is 2. The second-order valence-electron chi connectivity index (χ2n) is 6.68. The minimum absolute atomic E-state index is 0.625. The summed E-state index contributed by atoms with van der Waals surface area (Å²) >= 11 is 1.72. The van der Waals surface area contributed by atoms with Gasteiger partial charge >= 0.3 is 5.95 Å². The Balaban J connectivity index is 1.53. The van der Waals surface area contributed by atoms with Crippen LogP contribution in [0.5, 0.6) is 5.88 Å². The summed E-state index contributed by atoms with van der Waals surface area (Å²) in [6.07, 6.45) is 10.2. The summed E-state index contributed by atoms with van der Waals surface area (Å²) < 4.78 is 6.12. The normalized spacial score (nSPS) is 15.3. The summed E-state index contributed by atoms with van der Waals surface area (Å²) in [6.45, 7) is 0.733. The Morgan fingerprint density at radius 3 is 2.81 bits per heavy atom. The van der Waals surface area contributed by atoms with Crippen molar-refractivity contribution in [1.29, 1.82) is 0 Å². The molecule has 7 heteroatoms. The number of anilines is 2. The van der Waals surface area contributed by atoms with E-state index >= 15 is 0 Å². The first-order valence-electron chi connectivity index (χ1n) is 9.12. The molecule has 0 radical (unpaired) electrons. The van der Waals surface area contributed by atoms with E-state index in [1.807, 2.05) is 12.1 Å². The Bertz CT molecular complexity index is 858. The van der Waals surface area contributed by atoms with Crippen molar-refractivity contribution in [3.05, 3.63) is 30.6 Å². The van der Waals surface area contributed by atoms with Crippen LogP contribution in [0.1, 0.15) is 32.1 Å². The maximum atomic E-state index is 6.12. The molecule has 1 aromatic carbocycles. The molecule has 2 heterocycles. The number of aromatic amines is 2. The first-order valence-corrected chi connectivity index (χ1v) is 10.3. The largest absolute Gasteiger partial charge is 0.466 e. The van der Waals surface area contributed by atoms with Gasteiger partial charge in [0.2, 0.25) is 0 Å². The van der Waals surface area contributed by atoms with E-state index in [0.29, 0.717) is 23.4 Å². The van der Waals surface area contributed by atoms with Crippen LogP contribution in [-0.2, 0) is 0 Å². The van der Waals surface area contributed by atoms with Crippen LogP contribution in [-0.4, -0.2) is 27.8 Å². The van der Waals surface area contributed by atoms with Gasteiger partial charge in [-0.15, -0.1) is 11.8 Å². The molecular formula is C19H24N5OS+. The molecule has 3 aromatic rings. The SMILES string of the molecule is CSc1ccc(Nc2nc3nc[nH]c3c(OCC3CCCCC3)[nH+]2)cc1. The van der Waals surface area contributed by atoms with Gasteiger partial charge in [0.05, 0.1) is 18.6 Å². The van der Waals surface area contributed by atoms with Gasteiger partial charge in [-0.1, -0.05) is 19.3 Å². The Kier molecular flexibility index (Phi) is 5.24. The van der Waals surface area contributed by atoms with Crippen LogP contribution in [0.4, 0.5) is 11.6 Å². The number of hydrogen-bond acceptors (Lipinski definition) is 5. The van der Waals surface area contributed by atoms with E-state index in [1.54, 1.807) is 18.1 Å². The maximum absolute atomic E-state index is 6.12. The zero-order chi connectivity index (χ0) is 17.8. The summed E-state index contributed by atoms with van der Waals surface area (Å²) in [7, 11) is 0. The van der Waals surface area contributed by atoms with Gasteiger partial charge < -0.3 is 9.72 Å². The number of ether oxygens (including phenoxy) is 1. The molecule has 1 aliphatic rings. The first-order chi connectivity index (χ1) is 12.8. The average Bonchev–Trinajstić information content (AvgIpc) is 3.16. The fraction of sp³-hybridized carbons (Fsp3) is 0.421. The van der Waals surface area contributed by atoms with Crippen molar-refractivity contribution in [2.45, 2.75) is 37.0 Å². The number of rotatable bonds is 6. The molecule has 6 nitrogen and oxygen atoms in total. The van der Waals surface area contributed by atoms with Gasteiger partial charge in [-0.2, -0.15) is 0 Å². The number of imidazole rings is 1. The number of fused-ring (bicyclic) bond motifs is 1. The summed E-state index contributed by atoms with van der Waals surface area (Å²) in [5.74, 6) is 1.96. The van der Waals surface area contributed by atoms with Gasteiger partial charge in [0.15, 0.2) is 5.52 Å². The number of benzene rings is 1. The molecular weight excluding hydrogens is 346 g/mol. The number of nitrogens with one attached hydrogen (secondary N) is 3. The Labute approximate surface area is 157 Å². The van der Waals surface area contributed by atoms with Crippen molar-refractivity contribution < 1.29 is 9.72 Å². The molecule has 26 heavy (non-hydrogen) atoms. The van der Waals surface area contributed by atoms with Crippen molar-refractivity contribution >= 4 is 34.6 Å². The van der Waals surface area contributed by atoms with Gasteiger partial charge in [-0.05, 0) is 54.3 Å². The third-order valence-electron chi connectivity index (χ3n) is 4.84. The van der Waals surface area contributed by atoms with E-state index in [0.717, 1.165) is 17.8 Å². The predicted octanol–water partition coefficient (Wildman–Crippen LogP) is 4.20. The van der Waals surface area contributed by atoms with Crippen LogP contribution >= 0.6 is 11.8 Å². The molecule has 1 saturated carbocycles. The Morgan fingerprint density at radius 2 is 2.04 bits per heavy atom. The third-order valence-corrected chi connectivity index (χ3v) is 5.58. The molecule has 0 spiro atoms. The van der Waals surface area contributed by atoms with Gasteiger partial charge in [0.25, 0.3) is 11.5 Å². The van der Waals surface area contributed by atoms with Gasteiger partial charge in [0.1, 0.15) is 0 Å². The van der Waals surface area contributed by atoms with E-state index < -0.39 is 0 Å². The fourth-order valence-corrected chi connectivity index (χ4v) is 3.78. The van der Waals surface area contributed by atoms with Crippen LogP contribution in [0.25, 0.3) is 11.2 Å². The van der Waals surface area contributed by atoms with Gasteiger partial charge in [-0.25, -0.2) is 15.3 Å². The lowest BCUT2D eigenvalue weighted by Gasteiger charge is -2.21. The average molecular weight is 371 g/mol. The molecule has 0 unspecified atom stereocenters. The van der Waals surface area contributed by atoms with E-state index in [4.69, 9.17) is 4.74 Å². The maximum Gasteiger partial charge on any atom is 0.399 e. The molecule has 0 aliphatic heterocycles. The Hall–Kier alpha value is -2.28. The third kappa shape index (κ3) is 3.93. The highest BCUT2D eigenvalue weighted by Crippen LogP contribution is 2.26. The van der Waals surface area contributed by atoms with Crippen LogP contribution in [0.15, 0.2) is 35.5 Å². The van der Waals surface area contributed by atoms with Crippen LogP contribution in [0, 0.1) is 5.92 Å².